The van der Waals surface area contributed by atoms with Gasteiger partial charge in [-0.3, -0.25) is 9.59 Å². The number of rotatable bonds is 6. The van der Waals surface area contributed by atoms with E-state index in [0.717, 1.165) is 24.0 Å². The maximum absolute atomic E-state index is 12.3. The Labute approximate surface area is 173 Å². The number of aryl methyl sites for hydroxylation is 1. The van der Waals surface area contributed by atoms with Gasteiger partial charge in [0.15, 0.2) is 0 Å². The summed E-state index contributed by atoms with van der Waals surface area (Å²) in [4.78, 5) is 38.0. The molecule has 1 aromatic carbocycles. The molecule has 0 aliphatic carbocycles. The van der Waals surface area contributed by atoms with Crippen LogP contribution in [-0.2, 0) is 20.7 Å². The minimum Gasteiger partial charge on any atom is -0.444 e. The van der Waals surface area contributed by atoms with E-state index in [2.05, 4.69) is 10.6 Å². The summed E-state index contributed by atoms with van der Waals surface area (Å²) in [5.74, 6) is 0.0244. The highest BCUT2D eigenvalue weighted by Crippen LogP contribution is 2.13. The fourth-order valence-corrected chi connectivity index (χ4v) is 3.28. The Morgan fingerprint density at radius 2 is 1.79 bits per heavy atom. The summed E-state index contributed by atoms with van der Waals surface area (Å²) in [5.41, 5.74) is 1.60. The van der Waals surface area contributed by atoms with E-state index in [1.807, 2.05) is 31.2 Å². The largest absolute Gasteiger partial charge is 0.444 e. The Morgan fingerprint density at radius 3 is 2.41 bits per heavy atom. The highest BCUT2D eigenvalue weighted by atomic mass is 16.6. The third-order valence-electron chi connectivity index (χ3n) is 4.83. The second-order valence-electron chi connectivity index (χ2n) is 8.50. The summed E-state index contributed by atoms with van der Waals surface area (Å²) in [6, 6.07) is 7.98. The van der Waals surface area contributed by atoms with E-state index >= 15 is 0 Å². The zero-order chi connectivity index (χ0) is 21.4. The van der Waals surface area contributed by atoms with Crippen LogP contribution in [0, 0.1) is 6.92 Å². The zero-order valence-corrected chi connectivity index (χ0v) is 17.9. The molecule has 1 heterocycles. The van der Waals surface area contributed by atoms with Gasteiger partial charge in [0.25, 0.3) is 0 Å². The molecule has 29 heavy (non-hydrogen) atoms. The first-order valence-electron chi connectivity index (χ1n) is 10.2. The van der Waals surface area contributed by atoms with E-state index in [9.17, 15) is 14.4 Å². The van der Waals surface area contributed by atoms with Crippen LogP contribution >= 0.6 is 0 Å². The molecular weight excluding hydrogens is 370 g/mol. The zero-order valence-electron chi connectivity index (χ0n) is 17.9. The molecule has 160 valence electrons. The fourth-order valence-electron chi connectivity index (χ4n) is 3.28. The van der Waals surface area contributed by atoms with Crippen LogP contribution in [0.5, 0.6) is 0 Å². The number of ether oxygens (including phenoxy) is 1. The van der Waals surface area contributed by atoms with Gasteiger partial charge in [0.05, 0.1) is 6.42 Å². The molecule has 7 heteroatoms. The lowest BCUT2D eigenvalue weighted by atomic mass is 10.0. The smallest absolute Gasteiger partial charge is 0.407 e. The van der Waals surface area contributed by atoms with Crippen LogP contribution in [0.2, 0.25) is 0 Å². The van der Waals surface area contributed by atoms with Crippen molar-refractivity contribution in [2.75, 3.05) is 19.6 Å². The Bertz CT molecular complexity index is 719. The van der Waals surface area contributed by atoms with E-state index in [-0.39, 0.29) is 30.8 Å². The number of hydrogen-bond donors (Lipinski definition) is 2. The van der Waals surface area contributed by atoms with Gasteiger partial charge in [-0.2, -0.15) is 0 Å². The van der Waals surface area contributed by atoms with Crippen molar-refractivity contribution in [3.8, 4) is 0 Å². The van der Waals surface area contributed by atoms with Crippen LogP contribution in [0.15, 0.2) is 24.3 Å². The van der Waals surface area contributed by atoms with Crippen LogP contribution in [0.25, 0.3) is 0 Å². The van der Waals surface area contributed by atoms with Crippen molar-refractivity contribution in [2.24, 2.45) is 0 Å². The predicted molar refractivity (Wildman–Crippen MR) is 111 cm³/mol. The third kappa shape index (κ3) is 8.13. The molecule has 1 saturated heterocycles. The van der Waals surface area contributed by atoms with Crippen molar-refractivity contribution in [3.63, 3.8) is 0 Å². The molecule has 0 spiro atoms. The number of nitrogens with zero attached hydrogens (tertiary/aromatic N) is 1. The lowest BCUT2D eigenvalue weighted by molar-refractivity contribution is -0.132. The quantitative estimate of drug-likeness (QED) is 0.764. The molecule has 0 saturated carbocycles. The first kappa shape index (κ1) is 22.7. The van der Waals surface area contributed by atoms with Crippen LogP contribution < -0.4 is 10.6 Å². The molecule has 7 nitrogen and oxygen atoms in total. The number of likely N-dealkylation sites (tertiary alicyclic amines) is 1. The summed E-state index contributed by atoms with van der Waals surface area (Å²) in [7, 11) is 0. The number of amides is 3. The van der Waals surface area contributed by atoms with Gasteiger partial charge < -0.3 is 20.3 Å². The van der Waals surface area contributed by atoms with Gasteiger partial charge in [0.1, 0.15) is 5.60 Å². The molecule has 0 radical (unpaired) electrons. The van der Waals surface area contributed by atoms with Crippen LogP contribution in [0.4, 0.5) is 4.79 Å². The van der Waals surface area contributed by atoms with Gasteiger partial charge in [-0.25, -0.2) is 4.79 Å². The normalized spacial score (nSPS) is 15.0. The highest BCUT2D eigenvalue weighted by molar-refractivity contribution is 5.79. The minimum atomic E-state index is -0.556. The van der Waals surface area contributed by atoms with E-state index in [1.165, 1.54) is 0 Å². The van der Waals surface area contributed by atoms with Gasteiger partial charge >= 0.3 is 6.09 Å². The number of benzene rings is 1. The Morgan fingerprint density at radius 1 is 1.14 bits per heavy atom. The predicted octanol–water partition coefficient (Wildman–Crippen LogP) is 2.56. The maximum Gasteiger partial charge on any atom is 0.407 e. The Balaban J connectivity index is 1.66. The molecule has 1 aliphatic heterocycles. The maximum atomic E-state index is 12.3. The summed E-state index contributed by atoms with van der Waals surface area (Å²) in [6.07, 6.45) is 1.58. The fraction of sp³-hybridized carbons (Fsp3) is 0.591. The molecule has 1 aromatic rings. The van der Waals surface area contributed by atoms with Crippen molar-refractivity contribution in [1.29, 1.82) is 0 Å². The van der Waals surface area contributed by atoms with Gasteiger partial charge in [-0.1, -0.05) is 24.3 Å². The van der Waals surface area contributed by atoms with Gasteiger partial charge in [0, 0.05) is 32.1 Å². The molecule has 0 bridgehead atoms. The number of carbonyl (C=O) groups excluding carboxylic acids is 3. The first-order valence-corrected chi connectivity index (χ1v) is 10.2. The number of carbonyl (C=O) groups is 3. The van der Waals surface area contributed by atoms with E-state index in [0.29, 0.717) is 19.5 Å². The molecule has 2 N–H and O–H groups in total. The lowest BCUT2D eigenvalue weighted by Crippen LogP contribution is -2.47. The van der Waals surface area contributed by atoms with Crippen LogP contribution in [0.1, 0.15) is 51.2 Å². The Kier molecular flexibility index (Phi) is 8.05. The second kappa shape index (κ2) is 10.3. The second-order valence-corrected chi connectivity index (χ2v) is 8.50. The van der Waals surface area contributed by atoms with Gasteiger partial charge in [-0.15, -0.1) is 0 Å². The SMILES string of the molecule is Cc1ccccc1CC(=O)NC1CCN(C(=O)CCNC(=O)OC(C)(C)C)CC1. The van der Waals surface area contributed by atoms with Crippen molar-refractivity contribution < 1.29 is 19.1 Å². The van der Waals surface area contributed by atoms with Crippen molar-refractivity contribution >= 4 is 17.9 Å². The molecular formula is C22H33N3O4. The molecule has 0 aromatic heterocycles. The van der Waals surface area contributed by atoms with E-state index in [1.54, 1.807) is 25.7 Å². The highest BCUT2D eigenvalue weighted by Gasteiger charge is 2.24. The first-order chi connectivity index (χ1) is 13.6. The summed E-state index contributed by atoms with van der Waals surface area (Å²) in [6.45, 7) is 8.86. The number of alkyl carbamates (subject to hydrolysis) is 1. The number of piperidine rings is 1. The molecule has 1 fully saturated rings. The van der Waals surface area contributed by atoms with Crippen LogP contribution in [-0.4, -0.2) is 54.1 Å². The van der Waals surface area contributed by atoms with Crippen molar-refractivity contribution in [1.82, 2.24) is 15.5 Å². The lowest BCUT2D eigenvalue weighted by Gasteiger charge is -2.32. The van der Waals surface area contributed by atoms with Crippen molar-refractivity contribution in [3.05, 3.63) is 35.4 Å². The average Bonchev–Trinajstić information content (AvgIpc) is 2.62. The topological polar surface area (TPSA) is 87.7 Å². The van der Waals surface area contributed by atoms with Gasteiger partial charge in [-0.05, 0) is 51.7 Å². The summed E-state index contributed by atoms with van der Waals surface area (Å²) in [5, 5.41) is 5.69. The van der Waals surface area contributed by atoms with E-state index < -0.39 is 11.7 Å². The monoisotopic (exact) mass is 403 g/mol. The van der Waals surface area contributed by atoms with Crippen LogP contribution in [0.3, 0.4) is 0 Å². The number of hydrogen-bond acceptors (Lipinski definition) is 4. The van der Waals surface area contributed by atoms with E-state index in [4.69, 9.17) is 4.74 Å². The summed E-state index contributed by atoms with van der Waals surface area (Å²) < 4.78 is 5.15. The van der Waals surface area contributed by atoms with Crippen molar-refractivity contribution in [2.45, 2.75) is 65.0 Å². The van der Waals surface area contributed by atoms with Gasteiger partial charge in [0.2, 0.25) is 11.8 Å². The Hall–Kier alpha value is -2.57. The molecule has 3 amide bonds. The molecule has 0 unspecified atom stereocenters. The third-order valence-corrected chi connectivity index (χ3v) is 4.83. The standard InChI is InChI=1S/C22H33N3O4/c1-16-7-5-6-8-17(16)15-19(26)24-18-10-13-25(14-11-18)20(27)9-12-23-21(28)29-22(2,3)4/h5-8,18H,9-15H2,1-4H3,(H,23,28)(H,24,26). The molecule has 0 atom stereocenters. The minimum absolute atomic E-state index is 0.00532. The summed E-state index contributed by atoms with van der Waals surface area (Å²) >= 11 is 0. The number of nitrogens with one attached hydrogen (secondary N) is 2. The molecule has 1 aliphatic rings. The average molecular weight is 404 g/mol. The molecule has 2 rings (SSSR count).